The van der Waals surface area contributed by atoms with Crippen LogP contribution in [0.15, 0.2) is 30.3 Å². The molecule has 3 heteroatoms. The summed E-state index contributed by atoms with van der Waals surface area (Å²) in [5.74, 6) is 0.560. The van der Waals surface area contributed by atoms with Gasteiger partial charge in [-0.15, -0.1) is 0 Å². The molecule has 0 spiro atoms. The highest BCUT2D eigenvalue weighted by atomic mass is 16.3. The minimum absolute atomic E-state index is 0.279. The number of nitrogens with zero attached hydrogens (tertiary/aromatic N) is 1. The van der Waals surface area contributed by atoms with Crippen LogP contribution in [0.5, 0.6) is 0 Å². The van der Waals surface area contributed by atoms with Gasteiger partial charge in [0.25, 0.3) is 0 Å². The van der Waals surface area contributed by atoms with Crippen LogP contribution in [0.1, 0.15) is 31.0 Å². The van der Waals surface area contributed by atoms with Crippen molar-refractivity contribution in [2.75, 3.05) is 13.2 Å². The first kappa shape index (κ1) is 14.9. The number of fused-ring (bicyclic) bond motifs is 1. The molecule has 0 aliphatic rings. The quantitative estimate of drug-likeness (QED) is 0.814. The van der Waals surface area contributed by atoms with E-state index in [0.29, 0.717) is 5.92 Å². The van der Waals surface area contributed by atoms with Gasteiger partial charge in [0.15, 0.2) is 0 Å². The van der Waals surface area contributed by atoms with E-state index in [0.717, 1.165) is 37.1 Å². The zero-order valence-corrected chi connectivity index (χ0v) is 12.4. The maximum atomic E-state index is 8.99. The first-order chi connectivity index (χ1) is 9.72. The van der Waals surface area contributed by atoms with Crippen LogP contribution in [0.4, 0.5) is 0 Å². The Bertz CT molecular complexity index is 554. The maximum absolute atomic E-state index is 8.99. The van der Waals surface area contributed by atoms with Gasteiger partial charge >= 0.3 is 0 Å². The van der Waals surface area contributed by atoms with E-state index in [9.17, 15) is 0 Å². The van der Waals surface area contributed by atoms with Crippen molar-refractivity contribution in [1.82, 2.24) is 10.3 Å². The molecule has 3 nitrogen and oxygen atoms in total. The van der Waals surface area contributed by atoms with E-state index in [2.05, 4.69) is 41.5 Å². The summed E-state index contributed by atoms with van der Waals surface area (Å²) in [5.41, 5.74) is 3.39. The summed E-state index contributed by atoms with van der Waals surface area (Å²) in [6.07, 6.45) is 1.99. The number of hydrogen-bond acceptors (Lipinski definition) is 3. The van der Waals surface area contributed by atoms with Crippen LogP contribution >= 0.6 is 0 Å². The number of hydrogen-bond donors (Lipinski definition) is 2. The zero-order valence-electron chi connectivity index (χ0n) is 12.4. The summed E-state index contributed by atoms with van der Waals surface area (Å²) in [4.78, 5) is 4.51. The largest absolute Gasteiger partial charge is 0.396 e. The second kappa shape index (κ2) is 7.36. The topological polar surface area (TPSA) is 45.1 Å². The normalized spacial score (nSPS) is 12.8. The molecule has 2 aromatic rings. The van der Waals surface area contributed by atoms with Crippen molar-refractivity contribution in [1.29, 1.82) is 0 Å². The molecule has 0 amide bonds. The SMILES string of the molecule is CCC(CCO)CNCc1ccc2nc(C)ccc2c1. The third-order valence-corrected chi connectivity index (χ3v) is 3.77. The lowest BCUT2D eigenvalue weighted by molar-refractivity contribution is 0.251. The second-order valence-electron chi connectivity index (χ2n) is 5.40. The van der Waals surface area contributed by atoms with Gasteiger partial charge < -0.3 is 10.4 Å². The van der Waals surface area contributed by atoms with Gasteiger partial charge in [-0.3, -0.25) is 4.98 Å². The number of rotatable bonds is 7. The molecule has 108 valence electrons. The van der Waals surface area contributed by atoms with E-state index >= 15 is 0 Å². The molecule has 0 bridgehead atoms. The number of aryl methyl sites for hydroxylation is 1. The molecule has 2 rings (SSSR count). The second-order valence-corrected chi connectivity index (χ2v) is 5.40. The number of aromatic nitrogens is 1. The Morgan fingerprint density at radius 3 is 2.85 bits per heavy atom. The highest BCUT2D eigenvalue weighted by molar-refractivity contribution is 5.79. The molecule has 0 radical (unpaired) electrons. The van der Waals surface area contributed by atoms with Crippen molar-refractivity contribution in [2.45, 2.75) is 33.2 Å². The first-order valence-electron chi connectivity index (χ1n) is 7.40. The summed E-state index contributed by atoms with van der Waals surface area (Å²) in [6.45, 7) is 6.29. The predicted molar refractivity (Wildman–Crippen MR) is 83.7 cm³/mol. The molecule has 2 N–H and O–H groups in total. The van der Waals surface area contributed by atoms with Gasteiger partial charge in [0.2, 0.25) is 0 Å². The maximum Gasteiger partial charge on any atom is 0.0705 e. The Labute approximate surface area is 121 Å². The minimum atomic E-state index is 0.279. The summed E-state index contributed by atoms with van der Waals surface area (Å²) in [7, 11) is 0. The van der Waals surface area contributed by atoms with E-state index in [4.69, 9.17) is 5.11 Å². The van der Waals surface area contributed by atoms with Crippen molar-refractivity contribution in [3.05, 3.63) is 41.6 Å². The zero-order chi connectivity index (χ0) is 14.4. The Morgan fingerprint density at radius 1 is 1.25 bits per heavy atom. The highest BCUT2D eigenvalue weighted by Gasteiger charge is 2.05. The average Bonchev–Trinajstić information content (AvgIpc) is 2.46. The number of benzene rings is 1. The molecule has 0 saturated heterocycles. The van der Waals surface area contributed by atoms with Crippen molar-refractivity contribution >= 4 is 10.9 Å². The number of aliphatic hydroxyl groups excluding tert-OH is 1. The molecule has 0 fully saturated rings. The third kappa shape index (κ3) is 4.02. The van der Waals surface area contributed by atoms with Crippen molar-refractivity contribution in [3.8, 4) is 0 Å². The molecule has 0 aliphatic heterocycles. The molecule has 1 heterocycles. The Balaban J connectivity index is 1.95. The van der Waals surface area contributed by atoms with Crippen molar-refractivity contribution in [3.63, 3.8) is 0 Å². The van der Waals surface area contributed by atoms with Gasteiger partial charge in [-0.1, -0.05) is 25.5 Å². The minimum Gasteiger partial charge on any atom is -0.396 e. The van der Waals surface area contributed by atoms with Gasteiger partial charge in [-0.2, -0.15) is 0 Å². The molecule has 1 unspecified atom stereocenters. The van der Waals surface area contributed by atoms with E-state index in [1.54, 1.807) is 0 Å². The smallest absolute Gasteiger partial charge is 0.0705 e. The highest BCUT2D eigenvalue weighted by Crippen LogP contribution is 2.15. The fourth-order valence-corrected chi connectivity index (χ4v) is 2.44. The monoisotopic (exact) mass is 272 g/mol. The molecule has 0 saturated carbocycles. The van der Waals surface area contributed by atoms with Crippen LogP contribution in [0, 0.1) is 12.8 Å². The van der Waals surface area contributed by atoms with E-state index in [-0.39, 0.29) is 6.61 Å². The van der Waals surface area contributed by atoms with Crippen LogP contribution in [-0.2, 0) is 6.54 Å². The first-order valence-corrected chi connectivity index (χ1v) is 7.40. The van der Waals surface area contributed by atoms with Crippen molar-refractivity contribution < 1.29 is 5.11 Å². The third-order valence-electron chi connectivity index (χ3n) is 3.77. The Hall–Kier alpha value is -1.45. The van der Waals surface area contributed by atoms with Gasteiger partial charge in [-0.05, 0) is 49.6 Å². The molecule has 0 aliphatic carbocycles. The van der Waals surface area contributed by atoms with Crippen LogP contribution < -0.4 is 5.32 Å². The van der Waals surface area contributed by atoms with Crippen LogP contribution in [0.2, 0.25) is 0 Å². The Morgan fingerprint density at radius 2 is 2.10 bits per heavy atom. The predicted octanol–water partition coefficient (Wildman–Crippen LogP) is 3.04. The number of aliphatic hydroxyl groups is 1. The fraction of sp³-hybridized carbons (Fsp3) is 0.471. The molecular formula is C17H24N2O. The summed E-state index contributed by atoms with van der Waals surface area (Å²) in [5, 5.41) is 13.7. The van der Waals surface area contributed by atoms with Gasteiger partial charge in [0.1, 0.15) is 0 Å². The lowest BCUT2D eigenvalue weighted by atomic mass is 10.0. The van der Waals surface area contributed by atoms with Gasteiger partial charge in [0.05, 0.1) is 5.52 Å². The summed E-state index contributed by atoms with van der Waals surface area (Å²) < 4.78 is 0. The average molecular weight is 272 g/mol. The van der Waals surface area contributed by atoms with Gasteiger partial charge in [-0.25, -0.2) is 0 Å². The molecule has 1 aromatic carbocycles. The van der Waals surface area contributed by atoms with Crippen LogP contribution in [0.25, 0.3) is 10.9 Å². The molecule has 1 aromatic heterocycles. The Kier molecular flexibility index (Phi) is 5.50. The van der Waals surface area contributed by atoms with E-state index < -0.39 is 0 Å². The van der Waals surface area contributed by atoms with Crippen molar-refractivity contribution in [2.24, 2.45) is 5.92 Å². The fourth-order valence-electron chi connectivity index (χ4n) is 2.44. The van der Waals surface area contributed by atoms with Crippen LogP contribution in [0.3, 0.4) is 0 Å². The standard InChI is InChI=1S/C17H24N2O/c1-3-14(8-9-20)11-18-12-15-5-7-17-16(10-15)6-4-13(2)19-17/h4-7,10,14,18,20H,3,8-9,11-12H2,1-2H3. The number of nitrogens with one attached hydrogen (secondary N) is 1. The van der Waals surface area contributed by atoms with E-state index in [1.165, 1.54) is 10.9 Å². The molecule has 1 atom stereocenters. The number of pyridine rings is 1. The van der Waals surface area contributed by atoms with Crippen LogP contribution in [-0.4, -0.2) is 23.2 Å². The van der Waals surface area contributed by atoms with Gasteiger partial charge in [0, 0.05) is 24.2 Å². The summed E-state index contributed by atoms with van der Waals surface area (Å²) in [6, 6.07) is 10.6. The van der Waals surface area contributed by atoms with E-state index in [1.807, 2.05) is 13.0 Å². The molecular weight excluding hydrogens is 248 g/mol. The molecule has 20 heavy (non-hydrogen) atoms. The summed E-state index contributed by atoms with van der Waals surface area (Å²) >= 11 is 0. The lowest BCUT2D eigenvalue weighted by Gasteiger charge is -2.14. The lowest BCUT2D eigenvalue weighted by Crippen LogP contribution is -2.22.